The average Bonchev–Trinajstić information content (AvgIpc) is 3.05. The van der Waals surface area contributed by atoms with E-state index in [-0.39, 0.29) is 12.3 Å². The van der Waals surface area contributed by atoms with Crippen molar-refractivity contribution in [3.05, 3.63) is 0 Å². The molecule has 3 amide bonds. The number of carbonyl (C=O) groups excluding carboxylic acids is 3. The summed E-state index contributed by atoms with van der Waals surface area (Å²) in [4.78, 5) is 48.7. The van der Waals surface area contributed by atoms with Gasteiger partial charge in [-0.15, -0.1) is 0 Å². The van der Waals surface area contributed by atoms with Crippen molar-refractivity contribution < 1.29 is 29.4 Å². The minimum atomic E-state index is -1.47. The number of aliphatic carboxylic acids is 1. The second kappa shape index (κ2) is 9.59. The summed E-state index contributed by atoms with van der Waals surface area (Å²) in [5.41, 5.74) is 5.21. The molecule has 1 fully saturated rings. The van der Waals surface area contributed by atoms with Crippen molar-refractivity contribution in [1.82, 2.24) is 15.5 Å². The van der Waals surface area contributed by atoms with Gasteiger partial charge in [0.05, 0.1) is 12.6 Å². The van der Waals surface area contributed by atoms with E-state index in [2.05, 4.69) is 23.3 Å². The highest BCUT2D eigenvalue weighted by Gasteiger charge is 2.39. The van der Waals surface area contributed by atoms with Gasteiger partial charge in [-0.3, -0.25) is 14.4 Å². The third kappa shape index (κ3) is 5.58. The van der Waals surface area contributed by atoms with Crippen LogP contribution in [0, 0.1) is 0 Å². The number of carboxylic acids is 1. The van der Waals surface area contributed by atoms with Gasteiger partial charge in [0.1, 0.15) is 12.1 Å². The van der Waals surface area contributed by atoms with Crippen molar-refractivity contribution in [2.75, 3.05) is 18.8 Å². The molecule has 1 rings (SSSR count). The minimum Gasteiger partial charge on any atom is -0.480 e. The number of rotatable bonds is 8. The van der Waals surface area contributed by atoms with Crippen LogP contribution in [0.15, 0.2) is 0 Å². The van der Waals surface area contributed by atoms with Gasteiger partial charge in [-0.1, -0.05) is 0 Å². The molecule has 1 aliphatic rings. The maximum Gasteiger partial charge on any atom is 0.328 e. The molecular formula is C14H24N4O6S. The number of likely N-dealkylation sites (tertiary alicyclic amines) is 1. The summed E-state index contributed by atoms with van der Waals surface area (Å²) in [6.45, 7) is 1.26. The van der Waals surface area contributed by atoms with Gasteiger partial charge in [0.25, 0.3) is 0 Å². The van der Waals surface area contributed by atoms with Crippen molar-refractivity contribution in [2.45, 2.75) is 44.0 Å². The molecule has 0 aliphatic carbocycles. The number of aliphatic hydroxyl groups is 1. The fourth-order valence-corrected chi connectivity index (χ4v) is 2.83. The molecule has 0 radical (unpaired) electrons. The molecule has 0 aromatic rings. The van der Waals surface area contributed by atoms with Gasteiger partial charge in [-0.05, 0) is 19.8 Å². The van der Waals surface area contributed by atoms with Crippen LogP contribution in [-0.4, -0.2) is 81.9 Å². The predicted octanol–water partition coefficient (Wildman–Crippen LogP) is -2.70. The van der Waals surface area contributed by atoms with Crippen LogP contribution in [0.3, 0.4) is 0 Å². The van der Waals surface area contributed by atoms with E-state index in [0.29, 0.717) is 19.4 Å². The third-order valence-electron chi connectivity index (χ3n) is 3.89. The van der Waals surface area contributed by atoms with Gasteiger partial charge in [0, 0.05) is 12.3 Å². The number of carboxylic acid groups (broad SMARTS) is 1. The quantitative estimate of drug-likeness (QED) is 0.251. The number of nitrogens with one attached hydrogen (secondary N) is 2. The number of nitrogens with zero attached hydrogens (tertiary/aromatic N) is 1. The Morgan fingerprint density at radius 3 is 2.44 bits per heavy atom. The van der Waals surface area contributed by atoms with E-state index in [1.807, 2.05) is 0 Å². The average molecular weight is 376 g/mol. The highest BCUT2D eigenvalue weighted by Crippen LogP contribution is 2.19. The SMILES string of the molecule is CC(O)C(NC(=O)C1CCCN1C(=O)C(CS)NC(=O)CN)C(=O)O. The highest BCUT2D eigenvalue weighted by atomic mass is 32.1. The molecule has 10 nitrogen and oxygen atoms in total. The Labute approximate surface area is 150 Å². The van der Waals surface area contributed by atoms with Crippen LogP contribution < -0.4 is 16.4 Å². The first-order valence-corrected chi connectivity index (χ1v) is 8.48. The monoisotopic (exact) mass is 376 g/mol. The zero-order chi connectivity index (χ0) is 19.1. The first kappa shape index (κ1) is 21.2. The Balaban J connectivity index is 2.83. The fourth-order valence-electron chi connectivity index (χ4n) is 2.58. The van der Waals surface area contributed by atoms with Crippen LogP contribution >= 0.6 is 12.6 Å². The summed E-state index contributed by atoms with van der Waals surface area (Å²) in [7, 11) is 0. The van der Waals surface area contributed by atoms with Crippen LogP contribution in [0.5, 0.6) is 0 Å². The maximum absolute atomic E-state index is 12.6. The van der Waals surface area contributed by atoms with Crippen molar-refractivity contribution in [1.29, 1.82) is 0 Å². The predicted molar refractivity (Wildman–Crippen MR) is 90.8 cm³/mol. The lowest BCUT2D eigenvalue weighted by Gasteiger charge is -2.29. The van der Waals surface area contributed by atoms with Crippen LogP contribution in [-0.2, 0) is 19.2 Å². The topological polar surface area (TPSA) is 162 Å². The molecule has 6 N–H and O–H groups in total. The largest absolute Gasteiger partial charge is 0.480 e. The molecule has 1 aliphatic heterocycles. The lowest BCUT2D eigenvalue weighted by atomic mass is 10.1. The molecule has 0 aromatic carbocycles. The zero-order valence-electron chi connectivity index (χ0n) is 13.8. The Hall–Kier alpha value is -1.85. The van der Waals surface area contributed by atoms with E-state index in [9.17, 15) is 24.3 Å². The van der Waals surface area contributed by atoms with Crippen LogP contribution in [0.4, 0.5) is 0 Å². The van der Waals surface area contributed by atoms with Gasteiger partial charge < -0.3 is 31.5 Å². The summed E-state index contributed by atoms with van der Waals surface area (Å²) in [5, 5.41) is 23.2. The van der Waals surface area contributed by atoms with Crippen LogP contribution in [0.2, 0.25) is 0 Å². The number of nitrogens with two attached hydrogens (primary N) is 1. The standard InChI is InChI=1S/C14H24N4O6S/c1-7(19)11(14(23)24)17-12(21)9-3-2-4-18(9)13(22)8(6-25)16-10(20)5-15/h7-9,11,19,25H,2-6,15H2,1H3,(H,16,20)(H,17,21)(H,23,24). The second-order valence-electron chi connectivity index (χ2n) is 5.76. The van der Waals surface area contributed by atoms with Crippen molar-refractivity contribution >= 4 is 36.3 Å². The lowest BCUT2D eigenvalue weighted by molar-refractivity contribution is -0.146. The molecule has 0 saturated carbocycles. The molecule has 25 heavy (non-hydrogen) atoms. The molecule has 4 unspecified atom stereocenters. The molecule has 0 aromatic heterocycles. The zero-order valence-corrected chi connectivity index (χ0v) is 14.7. The Kier molecular flexibility index (Phi) is 8.13. The normalized spacial score (nSPS) is 20.5. The van der Waals surface area contributed by atoms with Crippen molar-refractivity contribution in [3.63, 3.8) is 0 Å². The van der Waals surface area contributed by atoms with Crippen LogP contribution in [0.1, 0.15) is 19.8 Å². The third-order valence-corrected chi connectivity index (χ3v) is 4.25. The summed E-state index contributed by atoms with van der Waals surface area (Å²) in [5.74, 6) is -3.02. The van der Waals surface area contributed by atoms with Crippen molar-refractivity contribution in [3.8, 4) is 0 Å². The smallest absolute Gasteiger partial charge is 0.328 e. The fraction of sp³-hybridized carbons (Fsp3) is 0.714. The summed E-state index contributed by atoms with van der Waals surface area (Å²) in [6, 6.07) is -3.27. The molecule has 142 valence electrons. The number of thiol groups is 1. The van der Waals surface area contributed by atoms with Gasteiger partial charge in [-0.2, -0.15) is 12.6 Å². The molecule has 1 saturated heterocycles. The van der Waals surface area contributed by atoms with Gasteiger partial charge in [0.2, 0.25) is 17.7 Å². The first-order chi connectivity index (χ1) is 11.7. The lowest BCUT2D eigenvalue weighted by Crippen LogP contribution is -2.57. The molecular weight excluding hydrogens is 352 g/mol. The maximum atomic E-state index is 12.6. The minimum absolute atomic E-state index is 0.0286. The Bertz CT molecular complexity index is 529. The van der Waals surface area contributed by atoms with Crippen molar-refractivity contribution in [2.24, 2.45) is 5.73 Å². The van der Waals surface area contributed by atoms with E-state index in [1.54, 1.807) is 0 Å². The summed E-state index contributed by atoms with van der Waals surface area (Å²) < 4.78 is 0. The van der Waals surface area contributed by atoms with Crippen LogP contribution in [0.25, 0.3) is 0 Å². The summed E-state index contributed by atoms with van der Waals surface area (Å²) >= 11 is 4.04. The Morgan fingerprint density at radius 1 is 1.32 bits per heavy atom. The highest BCUT2D eigenvalue weighted by molar-refractivity contribution is 7.80. The molecule has 11 heteroatoms. The van der Waals surface area contributed by atoms with E-state index in [1.165, 1.54) is 11.8 Å². The van der Waals surface area contributed by atoms with E-state index in [0.717, 1.165) is 0 Å². The second-order valence-corrected chi connectivity index (χ2v) is 6.13. The molecule has 1 heterocycles. The Morgan fingerprint density at radius 2 is 1.96 bits per heavy atom. The number of hydrogen-bond acceptors (Lipinski definition) is 7. The van der Waals surface area contributed by atoms with Gasteiger partial charge in [0.15, 0.2) is 6.04 Å². The molecule has 0 bridgehead atoms. The first-order valence-electron chi connectivity index (χ1n) is 7.84. The number of aliphatic hydroxyl groups excluding tert-OH is 1. The van der Waals surface area contributed by atoms with Gasteiger partial charge in [-0.25, -0.2) is 4.79 Å². The number of hydrogen-bond donors (Lipinski definition) is 6. The molecule has 0 spiro atoms. The number of amides is 3. The van der Waals surface area contributed by atoms with E-state index in [4.69, 9.17) is 10.8 Å². The van der Waals surface area contributed by atoms with Gasteiger partial charge >= 0.3 is 5.97 Å². The van der Waals surface area contributed by atoms with E-state index >= 15 is 0 Å². The summed E-state index contributed by atoms with van der Waals surface area (Å²) in [6.07, 6.45) is -0.380. The number of carbonyl (C=O) groups is 4. The van der Waals surface area contributed by atoms with E-state index < -0.39 is 47.9 Å². The molecule has 4 atom stereocenters.